The van der Waals surface area contributed by atoms with Crippen molar-refractivity contribution in [3.05, 3.63) is 20.8 Å². The summed E-state index contributed by atoms with van der Waals surface area (Å²) in [6.07, 6.45) is 2.26. The van der Waals surface area contributed by atoms with E-state index in [0.717, 1.165) is 12.8 Å². The van der Waals surface area contributed by atoms with Gasteiger partial charge in [-0.25, -0.2) is 0 Å². The summed E-state index contributed by atoms with van der Waals surface area (Å²) in [5.41, 5.74) is 0. The van der Waals surface area contributed by atoms with Crippen molar-refractivity contribution in [2.24, 2.45) is 5.92 Å². The van der Waals surface area contributed by atoms with Crippen molar-refractivity contribution < 1.29 is 0 Å². The molecule has 2 atom stereocenters. The summed E-state index contributed by atoms with van der Waals surface area (Å²) < 4.78 is 1.21. The van der Waals surface area contributed by atoms with Crippen LogP contribution in [0.25, 0.3) is 0 Å². The van der Waals surface area contributed by atoms with Crippen molar-refractivity contribution in [2.75, 3.05) is 0 Å². The number of rotatable bonds is 4. The van der Waals surface area contributed by atoms with E-state index < -0.39 is 0 Å². The molecule has 0 aromatic carbocycles. The molecule has 0 aliphatic carbocycles. The molecule has 0 saturated carbocycles. The lowest BCUT2D eigenvalue weighted by molar-refractivity contribution is 0.501. The Morgan fingerprint density at radius 1 is 1.54 bits per heavy atom. The van der Waals surface area contributed by atoms with Gasteiger partial charge >= 0.3 is 0 Å². The summed E-state index contributed by atoms with van der Waals surface area (Å²) in [6.45, 7) is 4.28. The van der Waals surface area contributed by atoms with Gasteiger partial charge in [-0.05, 0) is 47.3 Å². The molecule has 0 aliphatic rings. The summed E-state index contributed by atoms with van der Waals surface area (Å²) in [4.78, 5) is 1.42. The van der Waals surface area contributed by atoms with Gasteiger partial charge in [-0.15, -0.1) is 22.9 Å². The predicted molar refractivity (Wildman–Crippen MR) is 64.8 cm³/mol. The van der Waals surface area contributed by atoms with Gasteiger partial charge in [0.2, 0.25) is 0 Å². The molecule has 1 aromatic rings. The Kier molecular flexibility index (Phi) is 4.77. The van der Waals surface area contributed by atoms with E-state index in [1.54, 1.807) is 11.3 Å². The molecule has 0 fully saturated rings. The summed E-state index contributed by atoms with van der Waals surface area (Å²) >= 11 is 11.4. The van der Waals surface area contributed by atoms with Gasteiger partial charge in [0.1, 0.15) is 0 Å². The molecular formula is C10H14BrClS. The smallest absolute Gasteiger partial charge is 0.0701 e. The fourth-order valence-electron chi connectivity index (χ4n) is 1.35. The molecule has 3 heteroatoms. The molecule has 1 aromatic heterocycles. The van der Waals surface area contributed by atoms with Crippen molar-refractivity contribution in [1.82, 2.24) is 0 Å². The molecule has 2 unspecified atom stereocenters. The molecular weight excluding hydrogens is 268 g/mol. The Morgan fingerprint density at radius 3 is 2.62 bits per heavy atom. The quantitative estimate of drug-likeness (QED) is 0.701. The van der Waals surface area contributed by atoms with E-state index in [9.17, 15) is 0 Å². The third kappa shape index (κ3) is 3.61. The van der Waals surface area contributed by atoms with Gasteiger partial charge in [-0.2, -0.15) is 0 Å². The minimum atomic E-state index is 0.269. The number of thiophene rings is 1. The van der Waals surface area contributed by atoms with E-state index in [2.05, 4.69) is 41.9 Å². The normalized spacial score (nSPS) is 15.7. The van der Waals surface area contributed by atoms with Gasteiger partial charge in [0, 0.05) is 10.3 Å². The Bertz CT molecular complexity index is 257. The van der Waals surface area contributed by atoms with Gasteiger partial charge in [0.15, 0.2) is 0 Å². The monoisotopic (exact) mass is 280 g/mol. The highest BCUT2D eigenvalue weighted by Crippen LogP contribution is 2.27. The van der Waals surface area contributed by atoms with Crippen molar-refractivity contribution >= 4 is 38.9 Å². The van der Waals surface area contributed by atoms with Crippen LogP contribution >= 0.6 is 38.9 Å². The largest absolute Gasteiger partial charge is 0.133 e. The van der Waals surface area contributed by atoms with Crippen LogP contribution in [0, 0.1) is 5.92 Å². The highest BCUT2D eigenvalue weighted by atomic mass is 79.9. The first-order valence-corrected chi connectivity index (χ1v) is 6.56. The fraction of sp³-hybridized carbons (Fsp3) is 0.600. The van der Waals surface area contributed by atoms with Crippen molar-refractivity contribution in [3.8, 4) is 0 Å². The van der Waals surface area contributed by atoms with E-state index in [1.807, 2.05) is 0 Å². The van der Waals surface area contributed by atoms with Crippen molar-refractivity contribution in [3.63, 3.8) is 0 Å². The maximum absolute atomic E-state index is 6.09. The molecule has 1 heterocycles. The first kappa shape index (κ1) is 11.5. The van der Waals surface area contributed by atoms with Crippen LogP contribution in [0.2, 0.25) is 0 Å². The number of hydrogen-bond acceptors (Lipinski definition) is 1. The van der Waals surface area contributed by atoms with Crippen LogP contribution in [0.5, 0.6) is 0 Å². The summed E-state index contributed by atoms with van der Waals surface area (Å²) in [7, 11) is 0. The molecule has 0 nitrogen and oxygen atoms in total. The van der Waals surface area contributed by atoms with E-state index in [1.165, 1.54) is 8.66 Å². The topological polar surface area (TPSA) is 0 Å². The molecule has 74 valence electrons. The maximum Gasteiger partial charge on any atom is 0.0701 e. The zero-order valence-electron chi connectivity index (χ0n) is 7.89. The second kappa shape index (κ2) is 5.38. The van der Waals surface area contributed by atoms with E-state index in [-0.39, 0.29) is 5.38 Å². The third-order valence-electron chi connectivity index (χ3n) is 2.27. The highest BCUT2D eigenvalue weighted by molar-refractivity contribution is 9.11. The second-order valence-electron chi connectivity index (χ2n) is 3.26. The lowest BCUT2D eigenvalue weighted by Crippen LogP contribution is -2.12. The average Bonchev–Trinajstić information content (AvgIpc) is 2.46. The van der Waals surface area contributed by atoms with Crippen molar-refractivity contribution in [2.45, 2.75) is 32.1 Å². The third-order valence-corrected chi connectivity index (χ3v) is 4.27. The number of hydrogen-bond donors (Lipinski definition) is 0. The highest BCUT2D eigenvalue weighted by Gasteiger charge is 2.14. The molecule has 0 bridgehead atoms. The molecule has 0 N–H and O–H groups in total. The minimum absolute atomic E-state index is 0.269. The molecule has 0 radical (unpaired) electrons. The SMILES string of the molecule is CCC(Cc1ccc(Br)s1)C(C)Cl. The maximum atomic E-state index is 6.09. The summed E-state index contributed by atoms with van der Waals surface area (Å²) in [5.74, 6) is 0.604. The van der Waals surface area contributed by atoms with Crippen LogP contribution in [0.15, 0.2) is 15.9 Å². The zero-order chi connectivity index (χ0) is 9.84. The van der Waals surface area contributed by atoms with Crippen LogP contribution in [0.4, 0.5) is 0 Å². The number of alkyl halides is 1. The Hall–Kier alpha value is 0.470. The lowest BCUT2D eigenvalue weighted by Gasteiger charge is -2.15. The van der Waals surface area contributed by atoms with Crippen LogP contribution in [-0.2, 0) is 6.42 Å². The van der Waals surface area contributed by atoms with Crippen LogP contribution in [-0.4, -0.2) is 5.38 Å². The van der Waals surface area contributed by atoms with Crippen LogP contribution < -0.4 is 0 Å². The zero-order valence-corrected chi connectivity index (χ0v) is 11.0. The molecule has 1 rings (SSSR count). The van der Waals surface area contributed by atoms with Gasteiger partial charge in [-0.1, -0.05) is 13.3 Å². The van der Waals surface area contributed by atoms with Crippen LogP contribution in [0.1, 0.15) is 25.1 Å². The molecule has 0 spiro atoms. The summed E-state index contributed by atoms with van der Waals surface area (Å²) in [6, 6.07) is 4.28. The first-order valence-electron chi connectivity index (χ1n) is 4.51. The Balaban J connectivity index is 2.56. The second-order valence-corrected chi connectivity index (χ2v) is 6.49. The van der Waals surface area contributed by atoms with E-state index >= 15 is 0 Å². The molecule has 13 heavy (non-hydrogen) atoms. The average molecular weight is 282 g/mol. The Labute approximate surface area is 97.4 Å². The molecule has 0 aliphatic heterocycles. The Morgan fingerprint density at radius 2 is 2.23 bits per heavy atom. The number of halogens is 2. The van der Waals surface area contributed by atoms with Gasteiger partial charge in [-0.3, -0.25) is 0 Å². The van der Waals surface area contributed by atoms with Crippen molar-refractivity contribution in [1.29, 1.82) is 0 Å². The molecule has 0 saturated heterocycles. The van der Waals surface area contributed by atoms with Gasteiger partial charge in [0.05, 0.1) is 3.79 Å². The van der Waals surface area contributed by atoms with Gasteiger partial charge in [0.25, 0.3) is 0 Å². The fourth-order valence-corrected chi connectivity index (χ4v) is 3.19. The van der Waals surface area contributed by atoms with Gasteiger partial charge < -0.3 is 0 Å². The first-order chi connectivity index (χ1) is 6.13. The van der Waals surface area contributed by atoms with Crippen LogP contribution in [0.3, 0.4) is 0 Å². The van der Waals surface area contributed by atoms with E-state index in [4.69, 9.17) is 11.6 Å². The predicted octanol–water partition coefficient (Wildman–Crippen LogP) is 4.71. The molecule has 0 amide bonds. The van der Waals surface area contributed by atoms with E-state index in [0.29, 0.717) is 5.92 Å². The standard InChI is InChI=1S/C10H14BrClS/c1-3-8(7(2)12)6-9-4-5-10(11)13-9/h4-5,7-8H,3,6H2,1-2H3. The lowest BCUT2D eigenvalue weighted by atomic mass is 9.98. The summed E-state index contributed by atoms with van der Waals surface area (Å²) in [5, 5.41) is 0.269. The minimum Gasteiger partial charge on any atom is -0.133 e.